The second kappa shape index (κ2) is 20.2. The normalized spacial score (nSPS) is 13.3. The van der Waals surface area contributed by atoms with Gasteiger partial charge in [-0.15, -0.1) is 0 Å². The Morgan fingerprint density at radius 2 is 1.48 bits per heavy atom. The first-order valence-electron chi connectivity index (χ1n) is 15.7. The van der Waals surface area contributed by atoms with Crippen LogP contribution in [-0.4, -0.2) is 82.7 Å². The summed E-state index contributed by atoms with van der Waals surface area (Å²) < 4.78 is 5.49. The standard InChI is InChI=1S/C34H45N5O9/c1-22(2)30(38-31(44)27(36-23(3)41)18-24-12-6-4-7-13-24)33(46)39(34(47)48-21-25-14-8-5-9-15-25)28(16-10-11-17-35)32(45)37-26(20-40)19-29(42)43/h4-9,12-15,20,22,26-28,30H,10-11,16-19,21,35H2,1-3H3,(H,36,41)(H,37,45)(H,38,44)(H,42,43)/t26?,27-,28-,30-/m0/s1. The Morgan fingerprint density at radius 3 is 2.00 bits per heavy atom. The van der Waals surface area contributed by atoms with E-state index in [1.54, 1.807) is 74.5 Å². The number of carboxylic acids is 1. The highest BCUT2D eigenvalue weighted by molar-refractivity contribution is 6.02. The fraction of sp³-hybridized carbons (Fsp3) is 0.441. The molecule has 0 heterocycles. The number of hydrogen-bond donors (Lipinski definition) is 5. The number of carbonyl (C=O) groups excluding carboxylic acids is 6. The van der Waals surface area contributed by atoms with E-state index in [2.05, 4.69) is 16.0 Å². The lowest BCUT2D eigenvalue weighted by atomic mass is 9.98. The summed E-state index contributed by atoms with van der Waals surface area (Å²) in [5.41, 5.74) is 6.99. The van der Waals surface area contributed by atoms with E-state index in [1.807, 2.05) is 0 Å². The molecule has 0 saturated carbocycles. The number of unbranched alkanes of at least 4 members (excludes halogenated alkanes) is 1. The molecular formula is C34H45N5O9. The lowest BCUT2D eigenvalue weighted by Gasteiger charge is -2.34. The fourth-order valence-electron chi connectivity index (χ4n) is 4.84. The van der Waals surface area contributed by atoms with Crippen molar-refractivity contribution in [3.05, 3.63) is 71.8 Å². The van der Waals surface area contributed by atoms with Gasteiger partial charge in [0.2, 0.25) is 17.7 Å². The molecular weight excluding hydrogens is 622 g/mol. The van der Waals surface area contributed by atoms with Crippen LogP contribution in [0, 0.1) is 5.92 Å². The van der Waals surface area contributed by atoms with E-state index in [9.17, 15) is 38.7 Å². The first-order chi connectivity index (χ1) is 22.9. The number of nitrogens with two attached hydrogens (primary N) is 1. The lowest BCUT2D eigenvalue weighted by molar-refractivity contribution is -0.144. The quantitative estimate of drug-likeness (QED) is 0.108. The monoisotopic (exact) mass is 667 g/mol. The minimum atomic E-state index is -1.56. The number of carbonyl (C=O) groups is 7. The molecule has 0 bridgehead atoms. The minimum Gasteiger partial charge on any atom is -0.481 e. The number of rotatable bonds is 19. The molecule has 0 fully saturated rings. The van der Waals surface area contributed by atoms with Gasteiger partial charge in [-0.2, -0.15) is 0 Å². The smallest absolute Gasteiger partial charge is 0.417 e. The lowest BCUT2D eigenvalue weighted by Crippen LogP contribution is -2.61. The zero-order valence-electron chi connectivity index (χ0n) is 27.4. The Balaban J connectivity index is 2.51. The van der Waals surface area contributed by atoms with Gasteiger partial charge in [0, 0.05) is 13.3 Å². The number of ether oxygens (including phenoxy) is 1. The summed E-state index contributed by atoms with van der Waals surface area (Å²) in [6, 6.07) is 12.1. The van der Waals surface area contributed by atoms with Crippen molar-refractivity contribution < 1.29 is 43.4 Å². The van der Waals surface area contributed by atoms with E-state index in [0.717, 1.165) is 5.56 Å². The van der Waals surface area contributed by atoms with E-state index < -0.39 is 72.2 Å². The van der Waals surface area contributed by atoms with Gasteiger partial charge in [0.25, 0.3) is 5.91 Å². The second-order valence-corrected chi connectivity index (χ2v) is 11.6. The molecule has 2 aromatic carbocycles. The van der Waals surface area contributed by atoms with Crippen molar-refractivity contribution in [3.63, 3.8) is 0 Å². The van der Waals surface area contributed by atoms with Crippen LogP contribution < -0.4 is 21.7 Å². The van der Waals surface area contributed by atoms with E-state index in [-0.39, 0.29) is 38.7 Å². The van der Waals surface area contributed by atoms with Crippen molar-refractivity contribution in [2.45, 2.75) is 83.6 Å². The number of amides is 5. The summed E-state index contributed by atoms with van der Waals surface area (Å²) in [7, 11) is 0. The predicted octanol–water partition coefficient (Wildman–Crippen LogP) is 1.70. The van der Waals surface area contributed by atoms with E-state index in [4.69, 9.17) is 10.5 Å². The largest absolute Gasteiger partial charge is 0.481 e. The molecule has 0 radical (unpaired) electrons. The van der Waals surface area contributed by atoms with Crippen LogP contribution in [0.1, 0.15) is 57.6 Å². The number of nitrogens with zero attached hydrogens (tertiary/aromatic N) is 1. The zero-order chi connectivity index (χ0) is 35.6. The van der Waals surface area contributed by atoms with Crippen LogP contribution in [0.25, 0.3) is 0 Å². The SMILES string of the molecule is CC(=O)N[C@@H](Cc1ccccc1)C(=O)N[C@H](C(=O)N(C(=O)OCc1ccccc1)[C@@H](CCCCN)C(=O)NC(C=O)CC(=O)O)C(C)C. The van der Waals surface area contributed by atoms with Crippen LogP contribution in [0.5, 0.6) is 0 Å². The van der Waals surface area contributed by atoms with Crippen LogP contribution in [-0.2, 0) is 46.5 Å². The van der Waals surface area contributed by atoms with E-state index >= 15 is 0 Å². The third-order valence-electron chi connectivity index (χ3n) is 7.28. The first-order valence-corrected chi connectivity index (χ1v) is 15.7. The van der Waals surface area contributed by atoms with Gasteiger partial charge in [-0.3, -0.25) is 24.0 Å². The van der Waals surface area contributed by atoms with Crippen molar-refractivity contribution >= 4 is 42.0 Å². The topological polar surface area (TPSA) is 214 Å². The summed E-state index contributed by atoms with van der Waals surface area (Å²) >= 11 is 0. The zero-order valence-corrected chi connectivity index (χ0v) is 27.4. The van der Waals surface area contributed by atoms with Crippen LogP contribution in [0.15, 0.2) is 60.7 Å². The molecule has 14 nitrogen and oxygen atoms in total. The number of nitrogens with one attached hydrogen (secondary N) is 3. The molecule has 5 amide bonds. The Bertz CT molecular complexity index is 1390. The van der Waals surface area contributed by atoms with Gasteiger partial charge in [0.1, 0.15) is 31.0 Å². The maximum Gasteiger partial charge on any atom is 0.417 e. The van der Waals surface area contributed by atoms with Crippen LogP contribution in [0.4, 0.5) is 4.79 Å². The highest BCUT2D eigenvalue weighted by atomic mass is 16.6. The Kier molecular flexibility index (Phi) is 16.4. The minimum absolute atomic E-state index is 0.102. The van der Waals surface area contributed by atoms with Gasteiger partial charge in [0.15, 0.2) is 0 Å². The van der Waals surface area contributed by atoms with E-state index in [1.165, 1.54) is 6.92 Å². The Labute approximate surface area is 279 Å². The van der Waals surface area contributed by atoms with Crippen LogP contribution in [0.2, 0.25) is 0 Å². The summed E-state index contributed by atoms with van der Waals surface area (Å²) in [4.78, 5) is 90.8. The van der Waals surface area contributed by atoms with Crippen molar-refractivity contribution in [2.24, 2.45) is 11.7 Å². The summed E-state index contributed by atoms with van der Waals surface area (Å²) in [5.74, 6) is -5.11. The van der Waals surface area contributed by atoms with Crippen LogP contribution in [0.3, 0.4) is 0 Å². The number of hydrogen-bond acceptors (Lipinski definition) is 9. The highest BCUT2D eigenvalue weighted by Gasteiger charge is 2.41. The molecule has 0 aromatic heterocycles. The average molecular weight is 668 g/mol. The van der Waals surface area contributed by atoms with Gasteiger partial charge >= 0.3 is 12.1 Å². The first kappa shape index (κ1) is 39.1. The summed E-state index contributed by atoms with van der Waals surface area (Å²) in [6.07, 6.45) is -0.984. The molecule has 2 rings (SSSR count). The van der Waals surface area contributed by atoms with Gasteiger partial charge in [0.05, 0.1) is 12.5 Å². The number of aldehydes is 1. The van der Waals surface area contributed by atoms with Crippen molar-refractivity contribution in [3.8, 4) is 0 Å². The van der Waals surface area contributed by atoms with Gasteiger partial charge in [-0.25, -0.2) is 9.69 Å². The molecule has 0 spiro atoms. The van der Waals surface area contributed by atoms with Crippen molar-refractivity contribution in [2.75, 3.05) is 6.54 Å². The number of imide groups is 1. The number of carboxylic acid groups (broad SMARTS) is 1. The molecule has 14 heteroatoms. The number of aliphatic carboxylic acids is 1. The van der Waals surface area contributed by atoms with Gasteiger partial charge in [-0.05, 0) is 42.9 Å². The second-order valence-electron chi connectivity index (χ2n) is 11.6. The molecule has 1 unspecified atom stereocenters. The molecule has 260 valence electrons. The maximum atomic E-state index is 14.3. The van der Waals surface area contributed by atoms with Crippen molar-refractivity contribution in [1.82, 2.24) is 20.9 Å². The van der Waals surface area contributed by atoms with Crippen LogP contribution >= 0.6 is 0 Å². The van der Waals surface area contributed by atoms with Crippen molar-refractivity contribution in [1.29, 1.82) is 0 Å². The summed E-state index contributed by atoms with van der Waals surface area (Å²) in [6.45, 7) is 4.49. The molecule has 0 aliphatic carbocycles. The third-order valence-corrected chi connectivity index (χ3v) is 7.28. The molecule has 0 saturated heterocycles. The van der Waals surface area contributed by atoms with E-state index in [0.29, 0.717) is 16.9 Å². The molecule has 6 N–H and O–H groups in total. The maximum absolute atomic E-state index is 14.3. The Hall–Kier alpha value is -5.11. The van der Waals surface area contributed by atoms with Gasteiger partial charge in [-0.1, -0.05) is 74.5 Å². The molecule has 0 aliphatic heterocycles. The number of benzene rings is 2. The molecule has 48 heavy (non-hydrogen) atoms. The third kappa shape index (κ3) is 12.9. The molecule has 4 atom stereocenters. The molecule has 0 aliphatic rings. The summed E-state index contributed by atoms with van der Waals surface area (Å²) in [5, 5.41) is 16.7. The van der Waals surface area contributed by atoms with Gasteiger partial charge < -0.3 is 36.3 Å². The molecule has 2 aromatic rings. The fourth-order valence-corrected chi connectivity index (χ4v) is 4.84. The predicted molar refractivity (Wildman–Crippen MR) is 175 cm³/mol. The Morgan fingerprint density at radius 1 is 0.875 bits per heavy atom. The highest BCUT2D eigenvalue weighted by Crippen LogP contribution is 2.18. The average Bonchev–Trinajstić information content (AvgIpc) is 3.05.